The lowest BCUT2D eigenvalue weighted by Crippen LogP contribution is -2.34. The largest absolute Gasteiger partial charge is 0.383 e. The number of ether oxygens (including phenoxy) is 1. The summed E-state index contributed by atoms with van der Waals surface area (Å²) in [6, 6.07) is 19.6. The van der Waals surface area contributed by atoms with Crippen molar-refractivity contribution in [1.82, 2.24) is 5.32 Å². The van der Waals surface area contributed by atoms with Crippen LogP contribution in [0, 0.1) is 0 Å². The highest BCUT2D eigenvalue weighted by Crippen LogP contribution is 2.27. The average Bonchev–Trinajstić information content (AvgIpc) is 2.74. The van der Waals surface area contributed by atoms with Crippen LogP contribution in [-0.2, 0) is 11.3 Å². The molecule has 2 aromatic carbocycles. The molecule has 1 N–H and O–H groups in total. The molecule has 1 unspecified atom stereocenters. The van der Waals surface area contributed by atoms with Crippen molar-refractivity contribution >= 4 is 5.69 Å². The first-order chi connectivity index (χ1) is 10.4. The van der Waals surface area contributed by atoms with Crippen LogP contribution in [-0.4, -0.2) is 26.8 Å². The second-order valence-corrected chi connectivity index (χ2v) is 5.41. The number of nitrogens with one attached hydrogen (secondary N) is 1. The maximum atomic E-state index is 5.28. The second kappa shape index (κ2) is 6.74. The number of nitrogens with zero attached hydrogens (tertiary/aromatic N) is 1. The normalized spacial score (nSPS) is 18.1. The number of benzene rings is 2. The van der Waals surface area contributed by atoms with E-state index in [0.717, 1.165) is 26.2 Å². The van der Waals surface area contributed by atoms with Crippen molar-refractivity contribution in [3.63, 3.8) is 0 Å². The fraction of sp³-hybridized carbons (Fsp3) is 0.333. The first-order valence-electron chi connectivity index (χ1n) is 7.48. The van der Waals surface area contributed by atoms with E-state index in [1.165, 1.54) is 16.8 Å². The molecule has 21 heavy (non-hydrogen) atoms. The zero-order chi connectivity index (χ0) is 14.5. The minimum Gasteiger partial charge on any atom is -0.383 e. The molecule has 110 valence electrons. The number of anilines is 1. The van der Waals surface area contributed by atoms with Gasteiger partial charge >= 0.3 is 0 Å². The van der Waals surface area contributed by atoms with Gasteiger partial charge in [0, 0.05) is 32.4 Å². The SMILES string of the molecule is COCCN1CC(c2ccccc2)NCc2ccccc21. The van der Waals surface area contributed by atoms with Crippen LogP contribution in [0.4, 0.5) is 5.69 Å². The second-order valence-electron chi connectivity index (χ2n) is 5.41. The first kappa shape index (κ1) is 14.1. The smallest absolute Gasteiger partial charge is 0.0637 e. The van der Waals surface area contributed by atoms with Gasteiger partial charge in [-0.05, 0) is 17.2 Å². The molecular weight excluding hydrogens is 260 g/mol. The summed E-state index contributed by atoms with van der Waals surface area (Å²) in [5.74, 6) is 0. The quantitative estimate of drug-likeness (QED) is 0.933. The Hall–Kier alpha value is -1.84. The van der Waals surface area contributed by atoms with Gasteiger partial charge in [-0.15, -0.1) is 0 Å². The van der Waals surface area contributed by atoms with Crippen LogP contribution in [0.25, 0.3) is 0 Å². The van der Waals surface area contributed by atoms with Crippen LogP contribution < -0.4 is 10.2 Å². The summed E-state index contributed by atoms with van der Waals surface area (Å²) < 4.78 is 5.28. The van der Waals surface area contributed by atoms with E-state index in [4.69, 9.17) is 4.74 Å². The monoisotopic (exact) mass is 282 g/mol. The third kappa shape index (κ3) is 3.26. The molecule has 0 aliphatic carbocycles. The van der Waals surface area contributed by atoms with E-state index in [9.17, 15) is 0 Å². The zero-order valence-electron chi connectivity index (χ0n) is 12.5. The number of hydrogen-bond acceptors (Lipinski definition) is 3. The summed E-state index contributed by atoms with van der Waals surface area (Å²) >= 11 is 0. The minimum atomic E-state index is 0.343. The van der Waals surface area contributed by atoms with Crippen molar-refractivity contribution in [2.45, 2.75) is 12.6 Å². The predicted octanol–water partition coefficient (Wildman–Crippen LogP) is 2.98. The fourth-order valence-corrected chi connectivity index (χ4v) is 2.91. The highest BCUT2D eigenvalue weighted by Gasteiger charge is 2.21. The van der Waals surface area contributed by atoms with Gasteiger partial charge in [-0.3, -0.25) is 0 Å². The molecule has 0 saturated heterocycles. The molecule has 2 aromatic rings. The molecule has 0 saturated carbocycles. The predicted molar refractivity (Wildman–Crippen MR) is 86.6 cm³/mol. The lowest BCUT2D eigenvalue weighted by molar-refractivity contribution is 0.204. The summed E-state index contributed by atoms with van der Waals surface area (Å²) in [6.07, 6.45) is 0. The molecule has 0 aromatic heterocycles. The van der Waals surface area contributed by atoms with E-state index in [1.54, 1.807) is 7.11 Å². The molecule has 3 rings (SSSR count). The Bertz CT molecular complexity index is 570. The first-order valence-corrected chi connectivity index (χ1v) is 7.48. The van der Waals surface area contributed by atoms with Crippen molar-refractivity contribution in [2.75, 3.05) is 31.7 Å². The van der Waals surface area contributed by atoms with Crippen molar-refractivity contribution in [3.8, 4) is 0 Å². The van der Waals surface area contributed by atoms with E-state index in [1.807, 2.05) is 0 Å². The van der Waals surface area contributed by atoms with Crippen LogP contribution in [0.5, 0.6) is 0 Å². The Morgan fingerprint density at radius 1 is 1.10 bits per heavy atom. The molecule has 0 spiro atoms. The molecule has 1 aliphatic heterocycles. The van der Waals surface area contributed by atoms with Crippen molar-refractivity contribution in [2.24, 2.45) is 0 Å². The number of hydrogen-bond donors (Lipinski definition) is 1. The van der Waals surface area contributed by atoms with Crippen LogP contribution >= 0.6 is 0 Å². The van der Waals surface area contributed by atoms with Gasteiger partial charge in [0.05, 0.1) is 12.6 Å². The number of fused-ring (bicyclic) bond motifs is 1. The summed E-state index contributed by atoms with van der Waals surface area (Å²) in [5.41, 5.74) is 4.01. The van der Waals surface area contributed by atoms with Crippen molar-refractivity contribution in [1.29, 1.82) is 0 Å². The van der Waals surface area contributed by atoms with Crippen molar-refractivity contribution in [3.05, 3.63) is 65.7 Å². The summed E-state index contributed by atoms with van der Waals surface area (Å²) in [4.78, 5) is 2.43. The Morgan fingerprint density at radius 3 is 2.67 bits per heavy atom. The van der Waals surface area contributed by atoms with Gasteiger partial charge < -0.3 is 15.0 Å². The summed E-state index contributed by atoms with van der Waals surface area (Å²) in [5, 5.41) is 3.68. The summed E-state index contributed by atoms with van der Waals surface area (Å²) in [6.45, 7) is 3.53. The molecule has 0 fully saturated rings. The molecule has 1 heterocycles. The summed E-state index contributed by atoms with van der Waals surface area (Å²) in [7, 11) is 1.76. The molecule has 1 atom stereocenters. The van der Waals surface area contributed by atoms with Gasteiger partial charge in [0.1, 0.15) is 0 Å². The van der Waals surface area contributed by atoms with Crippen LogP contribution in [0.3, 0.4) is 0 Å². The Kier molecular flexibility index (Phi) is 4.53. The van der Waals surface area contributed by atoms with Gasteiger partial charge in [0.2, 0.25) is 0 Å². The zero-order valence-corrected chi connectivity index (χ0v) is 12.5. The molecule has 1 aliphatic rings. The fourth-order valence-electron chi connectivity index (χ4n) is 2.91. The lowest BCUT2D eigenvalue weighted by Gasteiger charge is -2.27. The topological polar surface area (TPSA) is 24.5 Å². The van der Waals surface area contributed by atoms with E-state index >= 15 is 0 Å². The van der Waals surface area contributed by atoms with Crippen molar-refractivity contribution < 1.29 is 4.74 Å². The number of rotatable bonds is 4. The molecule has 3 heteroatoms. The van der Waals surface area contributed by atoms with Crippen LogP contribution in [0.15, 0.2) is 54.6 Å². The highest BCUT2D eigenvalue weighted by atomic mass is 16.5. The molecular formula is C18H22N2O. The third-order valence-corrected chi connectivity index (χ3v) is 4.04. The Labute approximate surface area is 126 Å². The van der Waals surface area contributed by atoms with E-state index in [0.29, 0.717) is 6.04 Å². The Morgan fingerprint density at radius 2 is 1.86 bits per heavy atom. The average molecular weight is 282 g/mol. The highest BCUT2D eigenvalue weighted by molar-refractivity contribution is 5.55. The third-order valence-electron chi connectivity index (χ3n) is 4.04. The number of methoxy groups -OCH3 is 1. The van der Waals surface area contributed by atoms with Gasteiger partial charge in [-0.2, -0.15) is 0 Å². The van der Waals surface area contributed by atoms with Gasteiger partial charge in [0.25, 0.3) is 0 Å². The molecule has 0 radical (unpaired) electrons. The standard InChI is InChI=1S/C18H22N2O/c1-21-12-11-20-14-17(15-7-3-2-4-8-15)19-13-16-9-5-6-10-18(16)20/h2-10,17,19H,11-14H2,1H3. The van der Waals surface area contributed by atoms with Crippen LogP contribution in [0.2, 0.25) is 0 Å². The number of para-hydroxylation sites is 1. The molecule has 0 amide bonds. The molecule has 0 bridgehead atoms. The van der Waals surface area contributed by atoms with Gasteiger partial charge in [-0.1, -0.05) is 48.5 Å². The lowest BCUT2D eigenvalue weighted by atomic mass is 10.1. The maximum absolute atomic E-state index is 5.28. The Balaban J connectivity index is 1.87. The molecule has 3 nitrogen and oxygen atoms in total. The van der Waals surface area contributed by atoms with Gasteiger partial charge in [0.15, 0.2) is 0 Å². The van der Waals surface area contributed by atoms with E-state index in [-0.39, 0.29) is 0 Å². The van der Waals surface area contributed by atoms with E-state index < -0.39 is 0 Å². The maximum Gasteiger partial charge on any atom is 0.0637 e. The van der Waals surface area contributed by atoms with Crippen LogP contribution in [0.1, 0.15) is 17.2 Å². The minimum absolute atomic E-state index is 0.343. The van der Waals surface area contributed by atoms with Gasteiger partial charge in [-0.25, -0.2) is 0 Å². The van der Waals surface area contributed by atoms with E-state index in [2.05, 4.69) is 64.8 Å².